The maximum absolute atomic E-state index is 12.9. The van der Waals surface area contributed by atoms with Crippen molar-refractivity contribution in [3.8, 4) is 0 Å². The molecule has 26 heavy (non-hydrogen) atoms. The van der Waals surface area contributed by atoms with Gasteiger partial charge in [0.1, 0.15) is 0 Å². The summed E-state index contributed by atoms with van der Waals surface area (Å²) in [6.45, 7) is 1.78. The highest BCUT2D eigenvalue weighted by Gasteiger charge is 2.22. The molecule has 0 N–H and O–H groups in total. The minimum Gasteiger partial charge on any atom is -0.302 e. The molecule has 2 aromatic carbocycles. The molecule has 1 saturated heterocycles. The Balaban J connectivity index is 1.68. The molecule has 1 fully saturated rings. The smallest absolute Gasteiger partial charge is 0.274 e. The van der Waals surface area contributed by atoms with Crippen LogP contribution in [0.25, 0.3) is 10.8 Å². The van der Waals surface area contributed by atoms with Gasteiger partial charge in [0.15, 0.2) is 0 Å². The quantitative estimate of drug-likeness (QED) is 0.711. The molecule has 0 saturated carbocycles. The number of nitrogens with zero attached hydrogens (tertiary/aromatic N) is 3. The zero-order valence-electron chi connectivity index (χ0n) is 15.3. The first kappa shape index (κ1) is 17.0. The van der Waals surface area contributed by atoms with Crippen LogP contribution < -0.4 is 5.56 Å². The first-order valence-electron chi connectivity index (χ1n) is 9.45. The lowest BCUT2D eigenvalue weighted by atomic mass is 10.0. The summed E-state index contributed by atoms with van der Waals surface area (Å²) in [5.74, 6) is 0. The maximum Gasteiger partial charge on any atom is 0.274 e. The first-order chi connectivity index (χ1) is 12.7. The second-order valence-electron chi connectivity index (χ2n) is 7.24. The normalized spacial score (nSPS) is 17.8. The van der Waals surface area contributed by atoms with Crippen molar-refractivity contribution < 1.29 is 0 Å². The van der Waals surface area contributed by atoms with Crippen molar-refractivity contribution in [3.63, 3.8) is 0 Å². The van der Waals surface area contributed by atoms with Crippen LogP contribution in [0, 0.1) is 0 Å². The number of likely N-dealkylation sites (tertiary alicyclic amines) is 1. The van der Waals surface area contributed by atoms with Crippen LogP contribution >= 0.6 is 0 Å². The zero-order chi connectivity index (χ0) is 17.9. The molecule has 2 heterocycles. The number of rotatable bonds is 5. The summed E-state index contributed by atoms with van der Waals surface area (Å²) in [4.78, 5) is 15.3. The Hall–Kier alpha value is -2.46. The molecule has 0 unspecified atom stereocenters. The summed E-state index contributed by atoms with van der Waals surface area (Å²) in [6.07, 6.45) is 4.10. The fourth-order valence-corrected chi connectivity index (χ4v) is 3.93. The first-order valence-corrected chi connectivity index (χ1v) is 9.45. The van der Waals surface area contributed by atoms with Crippen LogP contribution in [0.5, 0.6) is 0 Å². The molecular weight excluding hydrogens is 322 g/mol. The summed E-state index contributed by atoms with van der Waals surface area (Å²) < 4.78 is 1.70. The molecule has 134 valence electrons. The SMILES string of the molecule is CN1CCC[C@@H]1Cn1nc(CCc2ccccc2)c2ccccc2c1=O. The van der Waals surface area contributed by atoms with E-state index in [1.165, 1.54) is 12.0 Å². The maximum atomic E-state index is 12.9. The van der Waals surface area contributed by atoms with E-state index in [1.54, 1.807) is 4.68 Å². The number of likely N-dealkylation sites (N-methyl/N-ethyl adjacent to an activating group) is 1. The van der Waals surface area contributed by atoms with Crippen molar-refractivity contribution in [2.45, 2.75) is 38.3 Å². The molecule has 0 amide bonds. The van der Waals surface area contributed by atoms with Gasteiger partial charge in [-0.1, -0.05) is 48.5 Å². The monoisotopic (exact) mass is 347 g/mol. The van der Waals surface area contributed by atoms with Gasteiger partial charge in [0, 0.05) is 11.4 Å². The molecule has 0 spiro atoms. The van der Waals surface area contributed by atoms with E-state index in [1.807, 2.05) is 30.3 Å². The van der Waals surface area contributed by atoms with Crippen LogP contribution in [0.15, 0.2) is 59.4 Å². The predicted octanol–water partition coefficient (Wildman–Crippen LogP) is 3.28. The number of fused-ring (bicyclic) bond motifs is 1. The molecule has 0 aliphatic carbocycles. The van der Waals surface area contributed by atoms with Gasteiger partial charge in [-0.25, -0.2) is 4.68 Å². The molecule has 0 bridgehead atoms. The van der Waals surface area contributed by atoms with Gasteiger partial charge in [0.05, 0.1) is 17.6 Å². The van der Waals surface area contributed by atoms with Crippen molar-refractivity contribution in [2.24, 2.45) is 0 Å². The number of aryl methyl sites for hydroxylation is 2. The van der Waals surface area contributed by atoms with Crippen LogP contribution in [0.2, 0.25) is 0 Å². The van der Waals surface area contributed by atoms with Crippen molar-refractivity contribution >= 4 is 10.8 Å². The number of aromatic nitrogens is 2. The Morgan fingerprint density at radius 2 is 1.73 bits per heavy atom. The standard InChI is InChI=1S/C22H25N3O/c1-24-15-7-10-18(24)16-25-22(26)20-12-6-5-11-19(20)21(23-25)14-13-17-8-3-2-4-9-17/h2-6,8-9,11-12,18H,7,10,13-16H2,1H3/t18-/m1/s1. The van der Waals surface area contributed by atoms with Crippen molar-refractivity contribution in [1.29, 1.82) is 0 Å². The van der Waals surface area contributed by atoms with E-state index in [0.29, 0.717) is 12.6 Å². The lowest BCUT2D eigenvalue weighted by molar-refractivity contribution is 0.270. The van der Waals surface area contributed by atoms with E-state index in [2.05, 4.69) is 36.2 Å². The highest BCUT2D eigenvalue weighted by atomic mass is 16.1. The minimum absolute atomic E-state index is 0.0318. The second-order valence-corrected chi connectivity index (χ2v) is 7.24. The molecular formula is C22H25N3O. The Labute approximate surface area is 154 Å². The van der Waals surface area contributed by atoms with Gasteiger partial charge in [-0.15, -0.1) is 0 Å². The van der Waals surface area contributed by atoms with E-state index in [4.69, 9.17) is 5.10 Å². The minimum atomic E-state index is 0.0318. The van der Waals surface area contributed by atoms with E-state index < -0.39 is 0 Å². The third-order valence-electron chi connectivity index (χ3n) is 5.49. The molecule has 3 aromatic rings. The van der Waals surface area contributed by atoms with Gasteiger partial charge in [-0.2, -0.15) is 5.10 Å². The fraction of sp³-hybridized carbons (Fsp3) is 0.364. The van der Waals surface area contributed by atoms with Crippen LogP contribution in [0.4, 0.5) is 0 Å². The van der Waals surface area contributed by atoms with Gasteiger partial charge in [-0.05, 0) is 50.9 Å². The van der Waals surface area contributed by atoms with Gasteiger partial charge in [-0.3, -0.25) is 4.79 Å². The van der Waals surface area contributed by atoms with Gasteiger partial charge in [0.25, 0.3) is 5.56 Å². The Bertz CT molecular complexity index is 949. The molecule has 4 nitrogen and oxygen atoms in total. The highest BCUT2D eigenvalue weighted by molar-refractivity contribution is 5.83. The summed E-state index contributed by atoms with van der Waals surface area (Å²) in [5, 5.41) is 6.56. The average Bonchev–Trinajstić information content (AvgIpc) is 3.08. The molecule has 0 radical (unpaired) electrons. The Morgan fingerprint density at radius 1 is 1.00 bits per heavy atom. The topological polar surface area (TPSA) is 38.1 Å². The van der Waals surface area contributed by atoms with E-state index in [0.717, 1.165) is 42.3 Å². The summed E-state index contributed by atoms with van der Waals surface area (Å²) in [6, 6.07) is 18.8. The van der Waals surface area contributed by atoms with E-state index in [-0.39, 0.29) is 5.56 Å². The highest BCUT2D eigenvalue weighted by Crippen LogP contribution is 2.18. The predicted molar refractivity (Wildman–Crippen MR) is 106 cm³/mol. The summed E-state index contributed by atoms with van der Waals surface area (Å²) in [7, 11) is 2.14. The molecule has 1 aliphatic heterocycles. The summed E-state index contributed by atoms with van der Waals surface area (Å²) >= 11 is 0. The Kier molecular flexibility index (Phi) is 4.85. The number of hydrogen-bond acceptors (Lipinski definition) is 3. The van der Waals surface area contributed by atoms with Crippen molar-refractivity contribution in [2.75, 3.05) is 13.6 Å². The molecule has 1 atom stereocenters. The molecule has 4 rings (SSSR count). The molecule has 1 aromatic heterocycles. The van der Waals surface area contributed by atoms with E-state index >= 15 is 0 Å². The van der Waals surface area contributed by atoms with Crippen molar-refractivity contribution in [3.05, 3.63) is 76.2 Å². The van der Waals surface area contributed by atoms with Crippen LogP contribution in [-0.4, -0.2) is 34.3 Å². The number of benzene rings is 2. The average molecular weight is 347 g/mol. The third-order valence-corrected chi connectivity index (χ3v) is 5.49. The second kappa shape index (κ2) is 7.42. The van der Waals surface area contributed by atoms with Crippen LogP contribution in [0.3, 0.4) is 0 Å². The fourth-order valence-electron chi connectivity index (χ4n) is 3.93. The lowest BCUT2D eigenvalue weighted by Crippen LogP contribution is -2.35. The van der Waals surface area contributed by atoms with Gasteiger partial charge in [0.2, 0.25) is 0 Å². The van der Waals surface area contributed by atoms with E-state index in [9.17, 15) is 4.79 Å². The lowest BCUT2D eigenvalue weighted by Gasteiger charge is -2.20. The van der Waals surface area contributed by atoms with Crippen LogP contribution in [-0.2, 0) is 19.4 Å². The van der Waals surface area contributed by atoms with Crippen LogP contribution in [0.1, 0.15) is 24.1 Å². The summed E-state index contributed by atoms with van der Waals surface area (Å²) in [5.41, 5.74) is 2.35. The largest absolute Gasteiger partial charge is 0.302 e. The Morgan fingerprint density at radius 3 is 2.46 bits per heavy atom. The van der Waals surface area contributed by atoms with Gasteiger partial charge >= 0.3 is 0 Å². The number of hydrogen-bond donors (Lipinski definition) is 0. The van der Waals surface area contributed by atoms with Crippen molar-refractivity contribution in [1.82, 2.24) is 14.7 Å². The molecule has 4 heteroatoms. The van der Waals surface area contributed by atoms with Gasteiger partial charge < -0.3 is 4.90 Å². The molecule has 1 aliphatic rings. The zero-order valence-corrected chi connectivity index (χ0v) is 15.3. The third kappa shape index (κ3) is 3.42.